The summed E-state index contributed by atoms with van der Waals surface area (Å²) >= 11 is 0. The van der Waals surface area contributed by atoms with E-state index in [1.807, 2.05) is 23.1 Å². The Kier molecular flexibility index (Phi) is 3.23. The monoisotopic (exact) mass is 257 g/mol. The molecule has 2 heterocycles. The average molecular weight is 257 g/mol. The van der Waals surface area contributed by atoms with Gasteiger partial charge in [0.1, 0.15) is 0 Å². The highest BCUT2D eigenvalue weighted by atomic mass is 16.2. The van der Waals surface area contributed by atoms with Crippen LogP contribution in [-0.4, -0.2) is 33.4 Å². The van der Waals surface area contributed by atoms with Crippen LogP contribution in [0.15, 0.2) is 24.5 Å². The molecule has 0 saturated carbocycles. The molecule has 1 N–H and O–H groups in total. The van der Waals surface area contributed by atoms with Crippen molar-refractivity contribution in [1.29, 1.82) is 0 Å². The second-order valence-electron chi connectivity index (χ2n) is 5.19. The average Bonchev–Trinajstić information content (AvgIpc) is 2.93. The van der Waals surface area contributed by atoms with E-state index >= 15 is 0 Å². The Morgan fingerprint density at radius 3 is 3.21 bits per heavy atom. The van der Waals surface area contributed by atoms with E-state index in [1.54, 1.807) is 6.33 Å². The molecule has 0 aliphatic carbocycles. The molecule has 3 rings (SSSR count). The number of fused-ring (bicyclic) bond motifs is 1. The van der Waals surface area contributed by atoms with Crippen LogP contribution in [0, 0.1) is 0 Å². The second kappa shape index (κ2) is 5.03. The predicted octanol–water partition coefficient (Wildman–Crippen LogP) is 2.97. The molecule has 1 saturated heterocycles. The molecule has 1 atom stereocenters. The summed E-state index contributed by atoms with van der Waals surface area (Å²) in [5.74, 6) is 0.156. The lowest BCUT2D eigenvalue weighted by Gasteiger charge is -2.35. The molecular formula is C15H19N3O. The number of hydrogen-bond donors (Lipinski definition) is 1. The fourth-order valence-corrected chi connectivity index (χ4v) is 2.93. The number of aromatic nitrogens is 2. The Balaban J connectivity index is 1.89. The Morgan fingerprint density at radius 2 is 2.37 bits per heavy atom. The molecule has 19 heavy (non-hydrogen) atoms. The minimum atomic E-state index is 0.156. The minimum Gasteiger partial charge on any atom is -0.345 e. The van der Waals surface area contributed by atoms with E-state index in [-0.39, 0.29) is 5.91 Å². The van der Waals surface area contributed by atoms with Gasteiger partial charge in [-0.2, -0.15) is 0 Å². The van der Waals surface area contributed by atoms with E-state index in [4.69, 9.17) is 0 Å². The van der Waals surface area contributed by atoms with Gasteiger partial charge in [-0.15, -0.1) is 0 Å². The van der Waals surface area contributed by atoms with Gasteiger partial charge >= 0.3 is 0 Å². The molecule has 1 aliphatic rings. The highest BCUT2D eigenvalue weighted by Gasteiger charge is 2.26. The first-order valence-corrected chi connectivity index (χ1v) is 7.03. The molecule has 100 valence electrons. The van der Waals surface area contributed by atoms with Crippen LogP contribution in [0.5, 0.6) is 0 Å². The fourth-order valence-electron chi connectivity index (χ4n) is 2.93. The molecule has 4 heteroatoms. The number of imidazole rings is 1. The van der Waals surface area contributed by atoms with E-state index in [9.17, 15) is 4.79 Å². The zero-order valence-corrected chi connectivity index (χ0v) is 11.2. The highest BCUT2D eigenvalue weighted by Crippen LogP contribution is 2.22. The number of carbonyl (C=O) groups excluding carboxylic acids is 1. The molecule has 4 nitrogen and oxygen atoms in total. The van der Waals surface area contributed by atoms with Crippen molar-refractivity contribution < 1.29 is 4.79 Å². The van der Waals surface area contributed by atoms with Gasteiger partial charge in [0, 0.05) is 18.2 Å². The van der Waals surface area contributed by atoms with Gasteiger partial charge in [0.15, 0.2) is 0 Å². The van der Waals surface area contributed by atoms with Gasteiger partial charge in [-0.25, -0.2) is 4.98 Å². The summed E-state index contributed by atoms with van der Waals surface area (Å²) < 4.78 is 0. The third-order valence-corrected chi connectivity index (χ3v) is 4.03. The van der Waals surface area contributed by atoms with Gasteiger partial charge in [-0.05, 0) is 43.9 Å². The lowest BCUT2D eigenvalue weighted by Crippen LogP contribution is -2.43. The van der Waals surface area contributed by atoms with Crippen molar-refractivity contribution in [3.63, 3.8) is 0 Å². The molecule has 1 amide bonds. The van der Waals surface area contributed by atoms with E-state index in [2.05, 4.69) is 16.9 Å². The first-order valence-electron chi connectivity index (χ1n) is 7.03. The molecule has 0 spiro atoms. The molecule has 1 aliphatic heterocycles. The maximum atomic E-state index is 12.6. The molecule has 1 unspecified atom stereocenters. The number of likely N-dealkylation sites (tertiary alicyclic amines) is 1. The predicted molar refractivity (Wildman–Crippen MR) is 75.1 cm³/mol. The van der Waals surface area contributed by atoms with Crippen molar-refractivity contribution in [2.24, 2.45) is 0 Å². The van der Waals surface area contributed by atoms with Crippen LogP contribution in [0.25, 0.3) is 11.0 Å². The molecule has 0 bridgehead atoms. The molecule has 1 fully saturated rings. The molecule has 1 aromatic carbocycles. The minimum absolute atomic E-state index is 0.156. The van der Waals surface area contributed by atoms with Gasteiger partial charge in [-0.1, -0.05) is 6.92 Å². The van der Waals surface area contributed by atoms with E-state index < -0.39 is 0 Å². The highest BCUT2D eigenvalue weighted by molar-refractivity contribution is 5.97. The smallest absolute Gasteiger partial charge is 0.254 e. The van der Waals surface area contributed by atoms with Gasteiger partial charge < -0.3 is 9.88 Å². The lowest BCUT2D eigenvalue weighted by molar-refractivity contribution is 0.0608. The normalized spacial score (nSPS) is 19.8. The Labute approximate surface area is 112 Å². The summed E-state index contributed by atoms with van der Waals surface area (Å²) in [6.07, 6.45) is 6.19. The van der Waals surface area contributed by atoms with Crippen LogP contribution >= 0.6 is 0 Å². The van der Waals surface area contributed by atoms with Gasteiger partial charge in [-0.3, -0.25) is 4.79 Å². The summed E-state index contributed by atoms with van der Waals surface area (Å²) in [5, 5.41) is 0. The summed E-state index contributed by atoms with van der Waals surface area (Å²) in [6, 6.07) is 6.10. The van der Waals surface area contributed by atoms with Crippen LogP contribution in [0.4, 0.5) is 0 Å². The van der Waals surface area contributed by atoms with Gasteiger partial charge in [0.05, 0.1) is 17.4 Å². The van der Waals surface area contributed by atoms with Crippen molar-refractivity contribution in [3.8, 4) is 0 Å². The van der Waals surface area contributed by atoms with Crippen LogP contribution in [0.1, 0.15) is 43.0 Å². The number of piperidine rings is 1. The quantitative estimate of drug-likeness (QED) is 0.899. The number of hydrogen-bond acceptors (Lipinski definition) is 2. The zero-order valence-electron chi connectivity index (χ0n) is 11.2. The number of nitrogens with zero attached hydrogens (tertiary/aromatic N) is 2. The third kappa shape index (κ3) is 2.23. The van der Waals surface area contributed by atoms with Crippen LogP contribution in [-0.2, 0) is 0 Å². The van der Waals surface area contributed by atoms with Crippen molar-refractivity contribution in [3.05, 3.63) is 30.1 Å². The fraction of sp³-hybridized carbons (Fsp3) is 0.467. The largest absolute Gasteiger partial charge is 0.345 e. The van der Waals surface area contributed by atoms with Crippen molar-refractivity contribution >= 4 is 16.9 Å². The Hall–Kier alpha value is -1.84. The standard InChI is InChI=1S/C15H19N3O/c1-2-12-5-3-4-8-18(12)15(19)11-6-7-13-14(9-11)17-10-16-13/h6-7,9-10,12H,2-5,8H2,1H3,(H,16,17). The van der Waals surface area contributed by atoms with E-state index in [0.29, 0.717) is 6.04 Å². The number of nitrogens with one attached hydrogen (secondary N) is 1. The van der Waals surface area contributed by atoms with Crippen LogP contribution < -0.4 is 0 Å². The Bertz CT molecular complexity index is 590. The number of H-pyrrole nitrogens is 1. The number of rotatable bonds is 2. The maximum absolute atomic E-state index is 12.6. The Morgan fingerprint density at radius 1 is 1.47 bits per heavy atom. The number of carbonyl (C=O) groups is 1. The van der Waals surface area contributed by atoms with Crippen molar-refractivity contribution in [2.75, 3.05) is 6.54 Å². The SMILES string of the molecule is CCC1CCCCN1C(=O)c1ccc2nc[nH]c2c1. The topological polar surface area (TPSA) is 49.0 Å². The lowest BCUT2D eigenvalue weighted by atomic mass is 9.99. The first kappa shape index (κ1) is 12.2. The summed E-state index contributed by atoms with van der Waals surface area (Å²) in [5.41, 5.74) is 2.59. The van der Waals surface area contributed by atoms with Crippen LogP contribution in [0.3, 0.4) is 0 Å². The molecule has 1 aromatic heterocycles. The van der Waals surface area contributed by atoms with E-state index in [0.717, 1.165) is 42.4 Å². The van der Waals surface area contributed by atoms with Gasteiger partial charge in [0.25, 0.3) is 5.91 Å². The maximum Gasteiger partial charge on any atom is 0.254 e. The zero-order chi connectivity index (χ0) is 13.2. The summed E-state index contributed by atoms with van der Waals surface area (Å²) in [7, 11) is 0. The molecule has 2 aromatic rings. The second-order valence-corrected chi connectivity index (χ2v) is 5.19. The third-order valence-electron chi connectivity index (χ3n) is 4.03. The number of benzene rings is 1. The van der Waals surface area contributed by atoms with Crippen molar-refractivity contribution in [2.45, 2.75) is 38.6 Å². The van der Waals surface area contributed by atoms with Crippen LogP contribution in [0.2, 0.25) is 0 Å². The van der Waals surface area contributed by atoms with Crippen molar-refractivity contribution in [1.82, 2.24) is 14.9 Å². The number of aromatic amines is 1. The number of amides is 1. The molecule has 0 radical (unpaired) electrons. The first-order chi connectivity index (χ1) is 9.29. The van der Waals surface area contributed by atoms with Gasteiger partial charge in [0.2, 0.25) is 0 Å². The van der Waals surface area contributed by atoms with E-state index in [1.165, 1.54) is 6.42 Å². The summed E-state index contributed by atoms with van der Waals surface area (Å²) in [6.45, 7) is 3.05. The molecular weight excluding hydrogens is 238 g/mol. The summed E-state index contributed by atoms with van der Waals surface area (Å²) in [4.78, 5) is 21.9.